The lowest BCUT2D eigenvalue weighted by atomic mass is 10.2. The first kappa shape index (κ1) is 21.4. The van der Waals surface area contributed by atoms with E-state index in [2.05, 4.69) is 10.6 Å². The van der Waals surface area contributed by atoms with Crippen LogP contribution in [0.15, 0.2) is 59.5 Å². The van der Waals surface area contributed by atoms with Crippen molar-refractivity contribution in [1.82, 2.24) is 10.6 Å². The molecule has 0 aromatic heterocycles. The second-order valence-corrected chi connectivity index (χ2v) is 6.61. The Morgan fingerprint density at radius 3 is 2.36 bits per heavy atom. The lowest BCUT2D eigenvalue weighted by Gasteiger charge is -2.14. The summed E-state index contributed by atoms with van der Waals surface area (Å²) in [6.45, 7) is 1.49. The molecule has 1 atom stereocenters. The first-order valence-corrected chi connectivity index (χ1v) is 9.12. The molecular weight excluding hydrogens is 390 g/mol. The minimum absolute atomic E-state index is 0.0377. The minimum atomic E-state index is -2.71. The Balaban J connectivity index is 1.88. The third-order valence-electron chi connectivity index (χ3n) is 3.51. The Morgan fingerprint density at radius 1 is 1.04 bits per heavy atom. The highest BCUT2D eigenvalue weighted by atomic mass is 32.2. The van der Waals surface area contributed by atoms with E-state index in [1.807, 2.05) is 18.2 Å². The molecule has 0 saturated heterocycles. The second-order valence-electron chi connectivity index (χ2n) is 5.58. The molecule has 2 aromatic rings. The molecule has 3 amide bonds. The van der Waals surface area contributed by atoms with Gasteiger partial charge < -0.3 is 10.1 Å². The lowest BCUT2D eigenvalue weighted by Crippen LogP contribution is -2.44. The summed E-state index contributed by atoms with van der Waals surface area (Å²) in [6.07, 6.45) is -1.29. The Labute approximate surface area is 164 Å². The van der Waals surface area contributed by atoms with Crippen molar-refractivity contribution in [3.8, 4) is 0 Å². The van der Waals surface area contributed by atoms with Gasteiger partial charge in [0.2, 0.25) is 0 Å². The van der Waals surface area contributed by atoms with Crippen molar-refractivity contribution >= 4 is 29.7 Å². The Bertz CT molecular complexity index is 834. The zero-order valence-corrected chi connectivity index (χ0v) is 15.7. The molecule has 0 radical (unpaired) electrons. The normalized spacial score (nSPS) is 11.6. The molecule has 2 N–H and O–H groups in total. The summed E-state index contributed by atoms with van der Waals surface area (Å²) in [5, 5.41) is 4.56. The number of esters is 1. The molecule has 0 aliphatic heterocycles. The Kier molecular flexibility index (Phi) is 7.94. The molecule has 0 saturated carbocycles. The van der Waals surface area contributed by atoms with E-state index in [1.165, 1.54) is 31.2 Å². The lowest BCUT2D eigenvalue weighted by molar-refractivity contribution is -0.127. The molecule has 0 unspecified atom stereocenters. The van der Waals surface area contributed by atoms with Gasteiger partial charge in [-0.25, -0.2) is 9.59 Å². The summed E-state index contributed by atoms with van der Waals surface area (Å²) in [5.41, 5.74) is 0.763. The quantitative estimate of drug-likeness (QED) is 0.541. The van der Waals surface area contributed by atoms with Gasteiger partial charge in [0.15, 0.2) is 6.10 Å². The maximum atomic E-state index is 12.6. The highest BCUT2D eigenvalue weighted by Crippen LogP contribution is 2.28. The van der Waals surface area contributed by atoms with Crippen molar-refractivity contribution in [2.45, 2.75) is 30.2 Å². The molecule has 2 rings (SSSR count). The van der Waals surface area contributed by atoms with Crippen molar-refractivity contribution in [2.75, 3.05) is 0 Å². The average molecular weight is 408 g/mol. The molecule has 9 heteroatoms. The summed E-state index contributed by atoms with van der Waals surface area (Å²) in [5.74, 6) is -4.48. The fraction of sp³-hybridized carbons (Fsp3) is 0.211. The second kappa shape index (κ2) is 10.4. The number of hydrogen-bond donors (Lipinski definition) is 2. The predicted octanol–water partition coefficient (Wildman–Crippen LogP) is 3.57. The maximum Gasteiger partial charge on any atom is 0.340 e. The van der Waals surface area contributed by atoms with Crippen molar-refractivity contribution in [3.05, 3.63) is 65.7 Å². The largest absolute Gasteiger partial charge is 0.449 e. The summed E-state index contributed by atoms with van der Waals surface area (Å²) in [4.78, 5) is 36.0. The number of benzene rings is 2. The third-order valence-corrected chi connectivity index (χ3v) is 4.30. The molecule has 148 valence electrons. The van der Waals surface area contributed by atoms with Crippen LogP contribution in [0.3, 0.4) is 0 Å². The van der Waals surface area contributed by atoms with Gasteiger partial charge in [-0.15, -0.1) is 0 Å². The Morgan fingerprint density at radius 2 is 1.68 bits per heavy atom. The van der Waals surface area contributed by atoms with Crippen LogP contribution in [0.4, 0.5) is 13.6 Å². The van der Waals surface area contributed by atoms with E-state index in [0.29, 0.717) is 0 Å². The number of imide groups is 1. The van der Waals surface area contributed by atoms with Crippen molar-refractivity contribution in [2.24, 2.45) is 0 Å². The number of ether oxygens (including phenoxy) is 1. The van der Waals surface area contributed by atoms with Crippen LogP contribution in [0, 0.1) is 0 Å². The van der Waals surface area contributed by atoms with Gasteiger partial charge in [0.1, 0.15) is 0 Å². The Hall–Kier alpha value is -2.94. The fourth-order valence-corrected chi connectivity index (χ4v) is 2.77. The van der Waals surface area contributed by atoms with E-state index in [1.54, 1.807) is 12.1 Å². The van der Waals surface area contributed by atoms with Crippen LogP contribution >= 0.6 is 11.8 Å². The van der Waals surface area contributed by atoms with Crippen LogP contribution in [-0.4, -0.2) is 29.8 Å². The monoisotopic (exact) mass is 408 g/mol. The fourth-order valence-electron chi connectivity index (χ4n) is 2.15. The maximum absolute atomic E-state index is 12.6. The minimum Gasteiger partial charge on any atom is -0.449 e. The van der Waals surface area contributed by atoms with E-state index in [-0.39, 0.29) is 28.8 Å². The predicted molar refractivity (Wildman–Crippen MR) is 100 cm³/mol. The standard InChI is InChI=1S/C19H18F2N2O4S/c1-12(16(24)23-19(26)22-11-13-7-3-2-4-8-13)27-17(25)14-9-5-6-10-15(14)28-18(20)21/h2-10,12,18H,11H2,1H3,(H2,22,23,24,26)/t12-/m1/s1. The van der Waals surface area contributed by atoms with Crippen LogP contribution in [-0.2, 0) is 16.1 Å². The van der Waals surface area contributed by atoms with Gasteiger partial charge in [-0.1, -0.05) is 54.2 Å². The van der Waals surface area contributed by atoms with Crippen LogP contribution in [0.5, 0.6) is 0 Å². The number of amides is 3. The van der Waals surface area contributed by atoms with Gasteiger partial charge in [0, 0.05) is 11.4 Å². The van der Waals surface area contributed by atoms with E-state index in [0.717, 1.165) is 5.56 Å². The zero-order chi connectivity index (χ0) is 20.5. The summed E-state index contributed by atoms with van der Waals surface area (Å²) >= 11 is 0.205. The number of nitrogens with one attached hydrogen (secondary N) is 2. The molecule has 0 spiro atoms. The molecule has 0 bridgehead atoms. The third kappa shape index (κ3) is 6.66. The van der Waals surface area contributed by atoms with Gasteiger partial charge >= 0.3 is 12.0 Å². The van der Waals surface area contributed by atoms with E-state index in [9.17, 15) is 23.2 Å². The van der Waals surface area contributed by atoms with Gasteiger partial charge in [-0.2, -0.15) is 8.78 Å². The van der Waals surface area contributed by atoms with Gasteiger partial charge in [0.25, 0.3) is 11.7 Å². The molecule has 6 nitrogen and oxygen atoms in total. The molecule has 2 aromatic carbocycles. The van der Waals surface area contributed by atoms with Crippen LogP contribution < -0.4 is 10.6 Å². The molecule has 0 aliphatic carbocycles. The van der Waals surface area contributed by atoms with Crippen molar-refractivity contribution in [3.63, 3.8) is 0 Å². The molecule has 0 fully saturated rings. The number of rotatable bonds is 7. The number of hydrogen-bond acceptors (Lipinski definition) is 5. The number of carbonyl (C=O) groups is 3. The molecular formula is C19H18F2N2O4S. The average Bonchev–Trinajstić information content (AvgIpc) is 2.67. The SMILES string of the molecule is C[C@@H](OC(=O)c1ccccc1SC(F)F)C(=O)NC(=O)NCc1ccccc1. The molecule has 0 aliphatic rings. The zero-order valence-electron chi connectivity index (χ0n) is 14.9. The van der Waals surface area contributed by atoms with Gasteiger partial charge in [-0.3, -0.25) is 10.1 Å². The van der Waals surface area contributed by atoms with Crippen LogP contribution in [0.1, 0.15) is 22.8 Å². The van der Waals surface area contributed by atoms with Gasteiger partial charge in [-0.05, 0) is 24.6 Å². The van der Waals surface area contributed by atoms with E-state index in [4.69, 9.17) is 4.74 Å². The van der Waals surface area contributed by atoms with Crippen molar-refractivity contribution in [1.29, 1.82) is 0 Å². The number of carbonyl (C=O) groups excluding carboxylic acids is 3. The molecule has 0 heterocycles. The highest BCUT2D eigenvalue weighted by Gasteiger charge is 2.23. The summed E-state index contributed by atoms with van der Waals surface area (Å²) in [7, 11) is 0. The number of urea groups is 1. The summed E-state index contributed by atoms with van der Waals surface area (Å²) < 4.78 is 30.2. The topological polar surface area (TPSA) is 84.5 Å². The van der Waals surface area contributed by atoms with E-state index < -0.39 is 29.8 Å². The number of halogens is 2. The van der Waals surface area contributed by atoms with E-state index >= 15 is 0 Å². The molecule has 28 heavy (non-hydrogen) atoms. The number of alkyl halides is 2. The first-order chi connectivity index (χ1) is 13.4. The number of thioether (sulfide) groups is 1. The van der Waals surface area contributed by atoms with Crippen LogP contribution in [0.25, 0.3) is 0 Å². The van der Waals surface area contributed by atoms with Gasteiger partial charge in [0.05, 0.1) is 5.56 Å². The first-order valence-electron chi connectivity index (χ1n) is 8.24. The summed E-state index contributed by atoms with van der Waals surface area (Å²) in [6, 6.07) is 14.0. The highest BCUT2D eigenvalue weighted by molar-refractivity contribution is 7.99. The smallest absolute Gasteiger partial charge is 0.340 e. The van der Waals surface area contributed by atoms with Crippen LogP contribution in [0.2, 0.25) is 0 Å². The van der Waals surface area contributed by atoms with Crippen molar-refractivity contribution < 1.29 is 27.9 Å².